The van der Waals surface area contributed by atoms with E-state index in [1.807, 2.05) is 18.3 Å². The molecule has 0 aliphatic heterocycles. The second-order valence-electron chi connectivity index (χ2n) is 7.55. The molecule has 2 aromatic carbocycles. The number of methoxy groups -OCH3 is 1. The fourth-order valence-corrected chi connectivity index (χ4v) is 3.66. The molecule has 0 spiro atoms. The molecule has 2 N–H and O–H groups in total. The summed E-state index contributed by atoms with van der Waals surface area (Å²) in [4.78, 5) is 20.2. The third-order valence-electron chi connectivity index (χ3n) is 5.10. The molecule has 6 nitrogen and oxygen atoms in total. The monoisotopic (exact) mass is 375 g/mol. The molecule has 142 valence electrons. The van der Waals surface area contributed by atoms with E-state index >= 15 is 0 Å². The van der Waals surface area contributed by atoms with Gasteiger partial charge in [0.25, 0.3) is 0 Å². The number of hydrogen-bond donors (Lipinski definition) is 2. The van der Waals surface area contributed by atoms with E-state index in [0.717, 1.165) is 34.7 Å². The van der Waals surface area contributed by atoms with Crippen molar-refractivity contribution in [2.45, 2.75) is 25.7 Å². The van der Waals surface area contributed by atoms with Crippen LogP contribution in [0.5, 0.6) is 5.75 Å². The maximum absolute atomic E-state index is 11.0. The molecular weight excluding hydrogens is 354 g/mol. The van der Waals surface area contributed by atoms with Gasteiger partial charge in [0.2, 0.25) is 5.95 Å². The first-order chi connectivity index (χ1) is 13.4. The van der Waals surface area contributed by atoms with Crippen molar-refractivity contribution in [1.29, 1.82) is 0 Å². The molecule has 0 atom stereocenters. The number of hydrogen-bond acceptors (Lipinski definition) is 5. The predicted molar refractivity (Wildman–Crippen MR) is 107 cm³/mol. The van der Waals surface area contributed by atoms with Crippen LogP contribution in [0.15, 0.2) is 48.7 Å². The molecule has 6 heteroatoms. The fraction of sp³-hybridized carbons (Fsp3) is 0.227. The average molecular weight is 375 g/mol. The lowest BCUT2D eigenvalue weighted by Crippen LogP contribution is -2.26. The molecule has 3 aromatic rings. The lowest BCUT2D eigenvalue weighted by molar-refractivity contribution is 0.0697. The van der Waals surface area contributed by atoms with E-state index in [2.05, 4.69) is 30.2 Å². The van der Waals surface area contributed by atoms with Gasteiger partial charge >= 0.3 is 5.97 Å². The first kappa shape index (κ1) is 18.0. The van der Waals surface area contributed by atoms with Gasteiger partial charge in [0, 0.05) is 17.4 Å². The minimum atomic E-state index is -0.954. The van der Waals surface area contributed by atoms with Crippen LogP contribution in [0.4, 0.5) is 11.6 Å². The molecule has 1 aromatic heterocycles. The van der Waals surface area contributed by atoms with Gasteiger partial charge in [0.15, 0.2) is 0 Å². The van der Waals surface area contributed by atoms with Gasteiger partial charge in [0.1, 0.15) is 5.75 Å². The zero-order valence-corrected chi connectivity index (χ0v) is 16.0. The number of carboxylic acid groups (broad SMARTS) is 1. The van der Waals surface area contributed by atoms with Crippen LogP contribution in [0, 0.1) is 0 Å². The van der Waals surface area contributed by atoms with Crippen molar-refractivity contribution in [2.75, 3.05) is 12.4 Å². The van der Waals surface area contributed by atoms with Gasteiger partial charge in [-0.3, -0.25) is 0 Å². The zero-order valence-electron chi connectivity index (χ0n) is 16.0. The van der Waals surface area contributed by atoms with Crippen LogP contribution in [0.3, 0.4) is 0 Å². The van der Waals surface area contributed by atoms with Gasteiger partial charge in [-0.15, -0.1) is 0 Å². The highest BCUT2D eigenvalue weighted by molar-refractivity contribution is 5.88. The van der Waals surface area contributed by atoms with Crippen LogP contribution < -0.4 is 10.1 Å². The largest absolute Gasteiger partial charge is 0.497 e. The molecule has 28 heavy (non-hydrogen) atoms. The minimum Gasteiger partial charge on any atom is -0.497 e. The Hall–Kier alpha value is -3.41. The number of ether oxygens (including phenoxy) is 1. The van der Waals surface area contributed by atoms with Crippen LogP contribution in [0.1, 0.15) is 35.3 Å². The summed E-state index contributed by atoms with van der Waals surface area (Å²) in [6, 6.07) is 12.6. The van der Waals surface area contributed by atoms with Crippen molar-refractivity contribution in [3.63, 3.8) is 0 Å². The van der Waals surface area contributed by atoms with E-state index in [4.69, 9.17) is 14.8 Å². The van der Waals surface area contributed by atoms with Gasteiger partial charge < -0.3 is 15.2 Å². The van der Waals surface area contributed by atoms with Crippen molar-refractivity contribution in [1.82, 2.24) is 9.97 Å². The summed E-state index contributed by atoms with van der Waals surface area (Å²) in [6.45, 7) is 4.44. The molecule has 1 heterocycles. The van der Waals surface area contributed by atoms with Crippen LogP contribution in [-0.2, 0) is 11.8 Å². The van der Waals surface area contributed by atoms with Crippen LogP contribution in [0.25, 0.3) is 11.3 Å². The van der Waals surface area contributed by atoms with Crippen LogP contribution in [0.2, 0.25) is 0 Å². The summed E-state index contributed by atoms with van der Waals surface area (Å²) in [5.74, 6) is 0.305. The third-order valence-corrected chi connectivity index (χ3v) is 5.10. The van der Waals surface area contributed by atoms with Gasteiger partial charge in [-0.05, 0) is 59.4 Å². The van der Waals surface area contributed by atoms with E-state index in [1.54, 1.807) is 31.4 Å². The Morgan fingerprint density at radius 3 is 2.61 bits per heavy atom. The van der Waals surface area contributed by atoms with Crippen LogP contribution in [-0.4, -0.2) is 28.2 Å². The molecule has 1 aliphatic rings. The van der Waals surface area contributed by atoms with Gasteiger partial charge in [-0.1, -0.05) is 19.9 Å². The number of nitrogens with zero attached hydrogens (tertiary/aromatic N) is 2. The highest BCUT2D eigenvalue weighted by atomic mass is 16.5. The van der Waals surface area contributed by atoms with Crippen LogP contribution >= 0.6 is 0 Å². The number of rotatable bonds is 4. The predicted octanol–water partition coefficient (Wildman–Crippen LogP) is 4.43. The Morgan fingerprint density at radius 1 is 1.18 bits per heavy atom. The van der Waals surface area contributed by atoms with Crippen molar-refractivity contribution < 1.29 is 14.6 Å². The topological polar surface area (TPSA) is 84.3 Å². The summed E-state index contributed by atoms with van der Waals surface area (Å²) in [6.07, 6.45) is 2.72. The first-order valence-electron chi connectivity index (χ1n) is 9.02. The molecule has 0 radical (unpaired) electrons. The Labute approximate surface area is 163 Å². The SMILES string of the molecule is COc1ccc2c(c1)-c1nc(Nc3ccc(C(=O)O)cc3)ncc1CC2(C)C. The molecule has 0 saturated heterocycles. The number of aromatic carboxylic acids is 1. The van der Waals surface area contributed by atoms with Crippen molar-refractivity contribution >= 4 is 17.6 Å². The molecule has 0 unspecified atom stereocenters. The summed E-state index contributed by atoms with van der Waals surface area (Å²) < 4.78 is 5.41. The summed E-state index contributed by atoms with van der Waals surface area (Å²) in [5.41, 5.74) is 5.23. The standard InChI is InChI=1S/C22H21N3O3/c1-22(2)11-14-12-23-21(24-15-6-4-13(5-7-15)20(26)27)25-19(14)17-10-16(28-3)8-9-18(17)22/h4-10,12H,11H2,1-3H3,(H,26,27)(H,23,24,25). The maximum atomic E-state index is 11.0. The molecule has 1 aliphatic carbocycles. The lowest BCUT2D eigenvalue weighted by Gasteiger charge is -2.33. The normalized spacial score (nSPS) is 14.0. The zero-order chi connectivity index (χ0) is 19.9. The Balaban J connectivity index is 1.72. The highest BCUT2D eigenvalue weighted by Gasteiger charge is 2.32. The molecule has 0 fully saturated rings. The van der Waals surface area contributed by atoms with Gasteiger partial charge in [-0.2, -0.15) is 0 Å². The number of anilines is 2. The second kappa shape index (κ2) is 6.64. The summed E-state index contributed by atoms with van der Waals surface area (Å²) in [7, 11) is 1.66. The minimum absolute atomic E-state index is 0.0143. The third kappa shape index (κ3) is 3.17. The maximum Gasteiger partial charge on any atom is 0.335 e. The lowest BCUT2D eigenvalue weighted by atomic mass is 9.72. The van der Waals surface area contributed by atoms with E-state index in [-0.39, 0.29) is 11.0 Å². The number of carbonyl (C=O) groups is 1. The molecule has 4 rings (SSSR count). The number of nitrogens with one attached hydrogen (secondary N) is 1. The average Bonchev–Trinajstić information content (AvgIpc) is 2.68. The quantitative estimate of drug-likeness (QED) is 0.702. The van der Waals surface area contributed by atoms with Crippen molar-refractivity contribution in [2.24, 2.45) is 0 Å². The van der Waals surface area contributed by atoms with Crippen molar-refractivity contribution in [3.05, 3.63) is 65.4 Å². The Morgan fingerprint density at radius 2 is 1.93 bits per heavy atom. The van der Waals surface area contributed by atoms with E-state index in [1.165, 1.54) is 5.56 Å². The Kier molecular flexibility index (Phi) is 4.26. The highest BCUT2D eigenvalue weighted by Crippen LogP contribution is 2.43. The molecule has 0 bridgehead atoms. The number of fused-ring (bicyclic) bond motifs is 3. The van der Waals surface area contributed by atoms with Gasteiger partial charge in [-0.25, -0.2) is 14.8 Å². The number of benzene rings is 2. The second-order valence-corrected chi connectivity index (χ2v) is 7.55. The summed E-state index contributed by atoms with van der Waals surface area (Å²) in [5, 5.41) is 12.2. The summed E-state index contributed by atoms with van der Waals surface area (Å²) >= 11 is 0. The molecule has 0 saturated carbocycles. The smallest absolute Gasteiger partial charge is 0.335 e. The van der Waals surface area contributed by atoms with E-state index in [9.17, 15) is 4.79 Å². The number of aromatic nitrogens is 2. The first-order valence-corrected chi connectivity index (χ1v) is 9.02. The Bertz CT molecular complexity index is 1060. The van der Waals surface area contributed by atoms with Crippen molar-refractivity contribution in [3.8, 4) is 17.0 Å². The van der Waals surface area contributed by atoms with E-state index in [0.29, 0.717) is 5.95 Å². The number of carboxylic acids is 1. The fourth-order valence-electron chi connectivity index (χ4n) is 3.66. The molecule has 0 amide bonds. The van der Waals surface area contributed by atoms with Gasteiger partial charge in [0.05, 0.1) is 18.4 Å². The molecular formula is C22H21N3O3. The van der Waals surface area contributed by atoms with E-state index < -0.39 is 5.97 Å².